The van der Waals surface area contributed by atoms with Gasteiger partial charge in [-0.25, -0.2) is 9.98 Å². The molecule has 154 valence electrons. The van der Waals surface area contributed by atoms with Gasteiger partial charge in [0.1, 0.15) is 5.76 Å². The fourth-order valence-electron chi connectivity index (χ4n) is 2.41. The van der Waals surface area contributed by atoms with Crippen molar-refractivity contribution < 1.29 is 9.15 Å². The quantitative estimate of drug-likeness (QED) is 0.527. The van der Waals surface area contributed by atoms with Crippen molar-refractivity contribution in [2.45, 2.75) is 72.8 Å². The standard InChI is InChI=1S/C22H34N4O2/c1-7-23-21(26-14-20-24-13-19(28-20)22(4,5)6)25-12-17-8-10-18(11-9-17)15-27-16(2)3/h8-11,13,16H,7,12,14-15H2,1-6H3,(H2,23,25,26). The SMILES string of the molecule is CCNC(=NCc1ccc(COC(C)C)cc1)NCc1ncc(C(C)(C)C)o1. The van der Waals surface area contributed by atoms with Gasteiger partial charge in [0.05, 0.1) is 32.0 Å². The Morgan fingerprint density at radius 2 is 1.82 bits per heavy atom. The van der Waals surface area contributed by atoms with E-state index < -0.39 is 0 Å². The fraction of sp³-hybridized carbons (Fsp3) is 0.545. The number of aromatic nitrogens is 1. The topological polar surface area (TPSA) is 71.7 Å². The number of nitrogens with one attached hydrogen (secondary N) is 2. The number of nitrogens with zero attached hydrogens (tertiary/aromatic N) is 2. The lowest BCUT2D eigenvalue weighted by atomic mass is 9.94. The zero-order chi connectivity index (χ0) is 20.6. The maximum absolute atomic E-state index is 5.82. The van der Waals surface area contributed by atoms with Gasteiger partial charge in [-0.3, -0.25) is 0 Å². The molecule has 2 rings (SSSR count). The monoisotopic (exact) mass is 386 g/mol. The van der Waals surface area contributed by atoms with Crippen LogP contribution in [-0.2, 0) is 29.8 Å². The Labute approximate surface area is 168 Å². The Morgan fingerprint density at radius 1 is 1.14 bits per heavy atom. The second-order valence-corrected chi connectivity index (χ2v) is 8.09. The van der Waals surface area contributed by atoms with Crippen LogP contribution in [0.5, 0.6) is 0 Å². The van der Waals surface area contributed by atoms with Crippen molar-refractivity contribution in [1.82, 2.24) is 15.6 Å². The number of ether oxygens (including phenoxy) is 1. The minimum atomic E-state index is -0.0454. The largest absolute Gasteiger partial charge is 0.443 e. The summed E-state index contributed by atoms with van der Waals surface area (Å²) in [5.74, 6) is 2.28. The highest BCUT2D eigenvalue weighted by molar-refractivity contribution is 5.79. The summed E-state index contributed by atoms with van der Waals surface area (Å²) in [5.41, 5.74) is 2.28. The van der Waals surface area contributed by atoms with Gasteiger partial charge < -0.3 is 19.8 Å². The van der Waals surface area contributed by atoms with Crippen LogP contribution in [0.2, 0.25) is 0 Å². The van der Waals surface area contributed by atoms with E-state index in [0.717, 1.165) is 23.8 Å². The van der Waals surface area contributed by atoms with E-state index in [1.807, 2.05) is 20.8 Å². The summed E-state index contributed by atoms with van der Waals surface area (Å²) in [6, 6.07) is 8.37. The third kappa shape index (κ3) is 7.35. The van der Waals surface area contributed by atoms with Crippen molar-refractivity contribution in [2.24, 2.45) is 4.99 Å². The van der Waals surface area contributed by atoms with Gasteiger partial charge in [0.2, 0.25) is 5.89 Å². The summed E-state index contributed by atoms with van der Waals surface area (Å²) in [7, 11) is 0. The number of aliphatic imine (C=N–C) groups is 1. The van der Waals surface area contributed by atoms with Crippen molar-refractivity contribution in [3.8, 4) is 0 Å². The van der Waals surface area contributed by atoms with E-state index in [2.05, 4.69) is 65.6 Å². The first-order valence-electron chi connectivity index (χ1n) is 9.94. The molecule has 0 radical (unpaired) electrons. The lowest BCUT2D eigenvalue weighted by Crippen LogP contribution is -2.36. The number of hydrogen-bond donors (Lipinski definition) is 2. The van der Waals surface area contributed by atoms with E-state index in [-0.39, 0.29) is 11.5 Å². The molecular weight excluding hydrogens is 352 g/mol. The molecule has 0 aliphatic rings. The zero-order valence-electron chi connectivity index (χ0n) is 18.0. The van der Waals surface area contributed by atoms with Crippen LogP contribution in [-0.4, -0.2) is 23.6 Å². The normalized spacial score (nSPS) is 12.5. The first kappa shape index (κ1) is 22.0. The molecule has 0 saturated heterocycles. The Bertz CT molecular complexity index is 743. The molecule has 2 N–H and O–H groups in total. The summed E-state index contributed by atoms with van der Waals surface area (Å²) in [4.78, 5) is 9.00. The minimum Gasteiger partial charge on any atom is -0.443 e. The van der Waals surface area contributed by atoms with E-state index >= 15 is 0 Å². The average Bonchev–Trinajstić information content (AvgIpc) is 3.12. The molecule has 0 saturated carbocycles. The maximum atomic E-state index is 5.82. The molecule has 0 aliphatic carbocycles. The smallest absolute Gasteiger partial charge is 0.213 e. The molecule has 1 aromatic heterocycles. The van der Waals surface area contributed by atoms with Gasteiger partial charge >= 0.3 is 0 Å². The van der Waals surface area contributed by atoms with Gasteiger partial charge in [-0.1, -0.05) is 45.0 Å². The van der Waals surface area contributed by atoms with E-state index in [1.54, 1.807) is 6.20 Å². The fourth-order valence-corrected chi connectivity index (χ4v) is 2.41. The Balaban J connectivity index is 1.91. The first-order valence-corrected chi connectivity index (χ1v) is 9.94. The molecule has 28 heavy (non-hydrogen) atoms. The first-order chi connectivity index (χ1) is 13.3. The van der Waals surface area contributed by atoms with E-state index in [1.165, 1.54) is 5.56 Å². The second-order valence-electron chi connectivity index (χ2n) is 8.09. The van der Waals surface area contributed by atoms with Gasteiger partial charge in [0.15, 0.2) is 5.96 Å². The Hall–Kier alpha value is -2.34. The molecule has 0 fully saturated rings. The van der Waals surface area contributed by atoms with Crippen LogP contribution in [0.4, 0.5) is 0 Å². The molecule has 0 aliphatic heterocycles. The van der Waals surface area contributed by atoms with Gasteiger partial charge in [0, 0.05) is 12.0 Å². The van der Waals surface area contributed by atoms with Crippen molar-refractivity contribution in [3.63, 3.8) is 0 Å². The molecule has 0 spiro atoms. The summed E-state index contributed by atoms with van der Waals surface area (Å²) < 4.78 is 11.5. The number of benzene rings is 1. The highest BCUT2D eigenvalue weighted by atomic mass is 16.5. The van der Waals surface area contributed by atoms with Crippen molar-refractivity contribution in [3.05, 3.63) is 53.2 Å². The van der Waals surface area contributed by atoms with Crippen molar-refractivity contribution >= 4 is 5.96 Å². The van der Waals surface area contributed by atoms with Crippen LogP contribution in [0.1, 0.15) is 64.3 Å². The van der Waals surface area contributed by atoms with Crippen molar-refractivity contribution in [2.75, 3.05) is 6.54 Å². The molecule has 2 aromatic rings. The average molecular weight is 387 g/mol. The van der Waals surface area contributed by atoms with Crippen molar-refractivity contribution in [1.29, 1.82) is 0 Å². The van der Waals surface area contributed by atoms with Gasteiger partial charge in [0.25, 0.3) is 0 Å². The molecule has 0 amide bonds. The van der Waals surface area contributed by atoms with E-state index in [0.29, 0.717) is 25.6 Å². The summed E-state index contributed by atoms with van der Waals surface area (Å²) in [5, 5.41) is 6.53. The van der Waals surface area contributed by atoms with Crippen LogP contribution in [0, 0.1) is 0 Å². The van der Waals surface area contributed by atoms with E-state index in [4.69, 9.17) is 9.15 Å². The molecule has 0 unspecified atom stereocenters. The summed E-state index contributed by atoms with van der Waals surface area (Å²) in [6.07, 6.45) is 2.03. The molecular formula is C22H34N4O2. The zero-order valence-corrected chi connectivity index (χ0v) is 18.0. The number of oxazole rings is 1. The molecule has 1 heterocycles. The van der Waals surface area contributed by atoms with Gasteiger partial charge in [-0.05, 0) is 31.9 Å². The van der Waals surface area contributed by atoms with Crippen LogP contribution < -0.4 is 10.6 Å². The Kier molecular flexibility index (Phi) is 8.05. The van der Waals surface area contributed by atoms with Gasteiger partial charge in [-0.2, -0.15) is 0 Å². The van der Waals surface area contributed by atoms with E-state index in [9.17, 15) is 0 Å². The lowest BCUT2D eigenvalue weighted by Gasteiger charge is -2.13. The third-order valence-electron chi connectivity index (χ3n) is 4.07. The number of hydrogen-bond acceptors (Lipinski definition) is 4. The molecule has 0 atom stereocenters. The molecule has 6 heteroatoms. The minimum absolute atomic E-state index is 0.0454. The third-order valence-corrected chi connectivity index (χ3v) is 4.07. The predicted octanol–water partition coefficient (Wildman–Crippen LogP) is 4.15. The van der Waals surface area contributed by atoms with Crippen LogP contribution in [0.3, 0.4) is 0 Å². The van der Waals surface area contributed by atoms with Crippen LogP contribution >= 0.6 is 0 Å². The highest BCUT2D eigenvalue weighted by Gasteiger charge is 2.19. The molecule has 0 bridgehead atoms. The summed E-state index contributed by atoms with van der Waals surface area (Å²) in [6.45, 7) is 15.0. The molecule has 6 nitrogen and oxygen atoms in total. The Morgan fingerprint density at radius 3 is 2.39 bits per heavy atom. The number of rotatable bonds is 8. The molecule has 1 aromatic carbocycles. The van der Waals surface area contributed by atoms with Crippen LogP contribution in [0.15, 0.2) is 39.9 Å². The highest BCUT2D eigenvalue weighted by Crippen LogP contribution is 2.22. The lowest BCUT2D eigenvalue weighted by molar-refractivity contribution is 0.0657. The second kappa shape index (κ2) is 10.3. The van der Waals surface area contributed by atoms with Gasteiger partial charge in [-0.15, -0.1) is 0 Å². The number of guanidine groups is 1. The van der Waals surface area contributed by atoms with Crippen LogP contribution in [0.25, 0.3) is 0 Å². The maximum Gasteiger partial charge on any atom is 0.213 e. The summed E-state index contributed by atoms with van der Waals surface area (Å²) >= 11 is 0. The predicted molar refractivity (Wildman–Crippen MR) is 113 cm³/mol.